The molecule has 0 spiro atoms. The van der Waals surface area contributed by atoms with Gasteiger partial charge in [0.1, 0.15) is 11.9 Å². The van der Waals surface area contributed by atoms with Crippen LogP contribution in [0.2, 0.25) is 5.02 Å². The summed E-state index contributed by atoms with van der Waals surface area (Å²) in [6, 6.07) is 21.9. The molecule has 0 bridgehead atoms. The summed E-state index contributed by atoms with van der Waals surface area (Å²) in [6.45, 7) is 2.04. The van der Waals surface area contributed by atoms with Crippen molar-refractivity contribution in [3.8, 4) is 5.69 Å². The van der Waals surface area contributed by atoms with Gasteiger partial charge in [-0.2, -0.15) is 5.10 Å². The molecule has 6 heteroatoms. The molecule has 2 aromatic carbocycles. The van der Waals surface area contributed by atoms with Gasteiger partial charge in [0.05, 0.1) is 22.8 Å². The van der Waals surface area contributed by atoms with Crippen LogP contribution in [0.25, 0.3) is 11.8 Å². The molecule has 2 aliphatic rings. The van der Waals surface area contributed by atoms with Crippen LogP contribution in [0.1, 0.15) is 28.6 Å². The van der Waals surface area contributed by atoms with Gasteiger partial charge in [-0.1, -0.05) is 35.9 Å². The summed E-state index contributed by atoms with van der Waals surface area (Å²) in [7, 11) is 0. The van der Waals surface area contributed by atoms with Crippen molar-refractivity contribution in [1.29, 1.82) is 0 Å². The molecule has 0 amide bonds. The van der Waals surface area contributed by atoms with Gasteiger partial charge in [-0.15, -0.1) is 0 Å². The fourth-order valence-corrected chi connectivity index (χ4v) is 4.48. The lowest BCUT2D eigenvalue weighted by atomic mass is 9.95. The maximum atomic E-state index is 6.11. The van der Waals surface area contributed by atoms with Crippen LogP contribution in [0.4, 0.5) is 11.5 Å². The number of nitrogens with zero attached hydrogens (tertiary/aromatic N) is 5. The number of hydrogen-bond donors (Lipinski definition) is 0. The second kappa shape index (κ2) is 6.93. The highest BCUT2D eigenvalue weighted by Gasteiger charge is 2.38. The number of pyridine rings is 1. The zero-order valence-electron chi connectivity index (χ0n) is 16.8. The molecule has 6 rings (SSSR count). The summed E-state index contributed by atoms with van der Waals surface area (Å²) in [5.74, 6) is 1.70. The Kier molecular flexibility index (Phi) is 4.04. The van der Waals surface area contributed by atoms with Crippen LogP contribution in [0.15, 0.2) is 84.0 Å². The maximum Gasteiger partial charge on any atom is 0.164 e. The quantitative estimate of drug-likeness (QED) is 0.403. The fourth-order valence-electron chi connectivity index (χ4n) is 4.35. The van der Waals surface area contributed by atoms with Crippen molar-refractivity contribution >= 4 is 35.0 Å². The first-order valence-corrected chi connectivity index (χ1v) is 10.5. The number of halogens is 1. The molecule has 2 aromatic heterocycles. The van der Waals surface area contributed by atoms with Gasteiger partial charge in [0, 0.05) is 16.8 Å². The summed E-state index contributed by atoms with van der Waals surface area (Å²) in [4.78, 5) is 12.0. The first kappa shape index (κ1) is 18.1. The van der Waals surface area contributed by atoms with Crippen molar-refractivity contribution in [2.75, 3.05) is 4.90 Å². The minimum Gasteiger partial charge on any atom is -0.312 e. The van der Waals surface area contributed by atoms with Gasteiger partial charge in [-0.3, -0.25) is 4.98 Å². The first-order valence-electron chi connectivity index (χ1n) is 10.1. The summed E-state index contributed by atoms with van der Waals surface area (Å²) >= 11 is 6.11. The van der Waals surface area contributed by atoms with Crippen molar-refractivity contribution < 1.29 is 0 Å². The number of benzene rings is 2. The van der Waals surface area contributed by atoms with E-state index in [0.29, 0.717) is 5.02 Å². The largest absolute Gasteiger partial charge is 0.312 e. The van der Waals surface area contributed by atoms with E-state index in [1.54, 1.807) is 0 Å². The molecule has 0 saturated heterocycles. The topological polar surface area (TPSA) is 46.3 Å². The molecule has 2 aliphatic heterocycles. The van der Waals surface area contributed by atoms with Crippen LogP contribution in [0, 0.1) is 6.92 Å². The van der Waals surface area contributed by atoms with E-state index >= 15 is 0 Å². The van der Waals surface area contributed by atoms with Crippen LogP contribution in [0.5, 0.6) is 0 Å². The zero-order chi connectivity index (χ0) is 20.9. The Balaban J connectivity index is 1.63. The summed E-state index contributed by atoms with van der Waals surface area (Å²) in [6.07, 6.45) is 6.02. The lowest BCUT2D eigenvalue weighted by molar-refractivity contribution is 0.784. The second-order valence-corrected chi connectivity index (χ2v) is 8.04. The average molecular weight is 424 g/mol. The highest BCUT2D eigenvalue weighted by Crippen LogP contribution is 2.46. The molecule has 4 heterocycles. The molecule has 0 N–H and O–H groups in total. The third kappa shape index (κ3) is 2.81. The summed E-state index contributed by atoms with van der Waals surface area (Å²) in [5, 5.41) is 5.56. The van der Waals surface area contributed by atoms with Gasteiger partial charge in [-0.05, 0) is 67.1 Å². The SMILES string of the molecule is Cc1nn(-c2ccc(Cl)cc2)c2c1[C@@H](c1ccccn1)N1C(=N2)C=Cc2ccccc21. The van der Waals surface area contributed by atoms with E-state index in [2.05, 4.69) is 47.4 Å². The molecular weight excluding hydrogens is 406 g/mol. The van der Waals surface area contributed by atoms with Crippen molar-refractivity contribution in [3.05, 3.63) is 107 Å². The Morgan fingerprint density at radius 2 is 1.71 bits per heavy atom. The van der Waals surface area contributed by atoms with Crippen LogP contribution >= 0.6 is 11.6 Å². The number of amidine groups is 1. The van der Waals surface area contributed by atoms with Crippen LogP contribution in [-0.4, -0.2) is 20.6 Å². The van der Waals surface area contributed by atoms with Gasteiger partial charge < -0.3 is 4.90 Å². The maximum absolute atomic E-state index is 6.11. The summed E-state index contributed by atoms with van der Waals surface area (Å²) < 4.78 is 1.90. The van der Waals surface area contributed by atoms with Gasteiger partial charge in [0.15, 0.2) is 5.82 Å². The smallest absolute Gasteiger partial charge is 0.164 e. The van der Waals surface area contributed by atoms with Crippen LogP contribution in [-0.2, 0) is 0 Å². The van der Waals surface area contributed by atoms with Crippen molar-refractivity contribution in [2.24, 2.45) is 4.99 Å². The van der Waals surface area contributed by atoms with Crippen molar-refractivity contribution in [3.63, 3.8) is 0 Å². The van der Waals surface area contributed by atoms with Crippen molar-refractivity contribution in [2.45, 2.75) is 13.0 Å². The number of aromatic nitrogens is 3. The first-order chi connectivity index (χ1) is 15.2. The standard InChI is InChI=1S/C25H18ClN5/c1-16-23-24(20-7-4-5-15-27-20)30-21-8-3-2-6-17(21)9-14-22(30)28-25(23)31(29-16)19-12-10-18(26)11-13-19/h2-15,24H,1H3/t24-/m1/s1. The average Bonchev–Trinajstić information content (AvgIpc) is 3.14. The number of rotatable bonds is 2. The minimum atomic E-state index is -0.129. The lowest BCUT2D eigenvalue weighted by Gasteiger charge is -2.38. The number of fused-ring (bicyclic) bond motifs is 4. The lowest BCUT2D eigenvalue weighted by Crippen LogP contribution is -2.39. The number of aryl methyl sites for hydroxylation is 1. The third-order valence-corrected chi connectivity index (χ3v) is 5.98. The Labute approximate surface area is 185 Å². The molecule has 5 nitrogen and oxygen atoms in total. The number of para-hydroxylation sites is 1. The predicted molar refractivity (Wildman–Crippen MR) is 124 cm³/mol. The Morgan fingerprint density at radius 3 is 2.52 bits per heavy atom. The Bertz CT molecular complexity index is 1350. The van der Waals surface area contributed by atoms with Crippen LogP contribution < -0.4 is 4.90 Å². The monoisotopic (exact) mass is 423 g/mol. The van der Waals surface area contributed by atoms with E-state index in [-0.39, 0.29) is 6.04 Å². The number of aliphatic imine (C=N–C) groups is 1. The molecule has 0 unspecified atom stereocenters. The van der Waals surface area contributed by atoms with E-state index < -0.39 is 0 Å². The molecule has 0 saturated carbocycles. The highest BCUT2D eigenvalue weighted by atomic mass is 35.5. The van der Waals surface area contributed by atoms with Crippen LogP contribution in [0.3, 0.4) is 0 Å². The van der Waals surface area contributed by atoms with Gasteiger partial charge in [-0.25, -0.2) is 9.67 Å². The normalized spacial score (nSPS) is 16.4. The van der Waals surface area contributed by atoms with E-state index in [4.69, 9.17) is 26.7 Å². The number of anilines is 1. The molecule has 4 aromatic rings. The summed E-state index contributed by atoms with van der Waals surface area (Å²) in [5.41, 5.74) is 6.14. The second-order valence-electron chi connectivity index (χ2n) is 7.60. The molecule has 0 aliphatic carbocycles. The molecule has 31 heavy (non-hydrogen) atoms. The van der Waals surface area contributed by atoms with E-state index in [1.807, 2.05) is 54.2 Å². The fraction of sp³-hybridized carbons (Fsp3) is 0.0800. The molecular formula is C25H18ClN5. The molecule has 0 fully saturated rings. The predicted octanol–water partition coefficient (Wildman–Crippen LogP) is 5.90. The third-order valence-electron chi connectivity index (χ3n) is 5.73. The molecule has 0 radical (unpaired) electrons. The highest BCUT2D eigenvalue weighted by molar-refractivity contribution is 6.30. The van der Waals surface area contributed by atoms with E-state index in [1.165, 1.54) is 0 Å². The van der Waals surface area contributed by atoms with Gasteiger partial charge in [0.2, 0.25) is 0 Å². The minimum absolute atomic E-state index is 0.129. The van der Waals surface area contributed by atoms with Gasteiger partial charge in [0.25, 0.3) is 0 Å². The van der Waals surface area contributed by atoms with Gasteiger partial charge >= 0.3 is 0 Å². The molecule has 1 atom stereocenters. The van der Waals surface area contributed by atoms with E-state index in [0.717, 1.165) is 45.5 Å². The van der Waals surface area contributed by atoms with E-state index in [9.17, 15) is 0 Å². The Morgan fingerprint density at radius 1 is 0.903 bits per heavy atom. The Hall–Kier alpha value is -3.70. The zero-order valence-corrected chi connectivity index (χ0v) is 17.5. The molecule has 150 valence electrons. The number of hydrogen-bond acceptors (Lipinski definition) is 4. The van der Waals surface area contributed by atoms with Crippen molar-refractivity contribution in [1.82, 2.24) is 14.8 Å².